The van der Waals surface area contributed by atoms with E-state index in [4.69, 9.17) is 5.11 Å². The topological polar surface area (TPSA) is 55.1 Å². The van der Waals surface area contributed by atoms with Crippen LogP contribution in [0.1, 0.15) is 12.6 Å². The van der Waals surface area contributed by atoms with E-state index >= 15 is 0 Å². The molecule has 0 spiro atoms. The number of hydrogen-bond donors (Lipinski definition) is 1. The molecular weight excluding hydrogens is 235 g/mol. The van der Waals surface area contributed by atoms with Crippen LogP contribution in [0, 0.1) is 0 Å². The lowest BCUT2D eigenvalue weighted by atomic mass is 10.2. The summed E-state index contributed by atoms with van der Waals surface area (Å²) in [5.41, 5.74) is 1.30. The van der Waals surface area contributed by atoms with Gasteiger partial charge in [-0.25, -0.2) is 9.37 Å². The van der Waals surface area contributed by atoms with Gasteiger partial charge in [-0.3, -0.25) is 4.79 Å². The molecule has 0 atom stereocenters. The largest absolute Gasteiger partial charge is 0.481 e. The zero-order valence-corrected chi connectivity index (χ0v) is 10.1. The van der Waals surface area contributed by atoms with Gasteiger partial charge in [-0.05, 0) is 24.6 Å². The summed E-state index contributed by atoms with van der Waals surface area (Å²) in [6, 6.07) is 0. The highest BCUT2D eigenvalue weighted by molar-refractivity contribution is 5.69. The molecule has 0 radical (unpaired) electrons. The van der Waals surface area contributed by atoms with Gasteiger partial charge in [-0.15, -0.1) is 0 Å². The summed E-state index contributed by atoms with van der Waals surface area (Å²) in [5.74, 6) is -1.35. The first-order valence-electron chi connectivity index (χ1n) is 5.42. The second kappa shape index (κ2) is 6.54. The number of hydrogen-bond acceptors (Lipinski definition) is 2. The minimum absolute atomic E-state index is 0.106. The Morgan fingerprint density at radius 3 is 2.94 bits per heavy atom. The Balaban J connectivity index is 2.86. The van der Waals surface area contributed by atoms with Crippen LogP contribution < -0.4 is 0 Å². The summed E-state index contributed by atoms with van der Waals surface area (Å²) < 4.78 is 14.8. The van der Waals surface area contributed by atoms with Gasteiger partial charge in [0.2, 0.25) is 0 Å². The maximum atomic E-state index is 13.1. The SMILES string of the molecule is C=C/C(F)=C\C(=C/C)Cn1cncc1CC(=O)O. The van der Waals surface area contributed by atoms with E-state index in [0.717, 1.165) is 11.6 Å². The maximum absolute atomic E-state index is 13.1. The smallest absolute Gasteiger partial charge is 0.309 e. The summed E-state index contributed by atoms with van der Waals surface area (Å²) >= 11 is 0. The molecule has 1 aromatic rings. The summed E-state index contributed by atoms with van der Waals surface area (Å²) in [6.45, 7) is 5.50. The van der Waals surface area contributed by atoms with Crippen LogP contribution in [0.15, 0.2) is 48.7 Å². The van der Waals surface area contributed by atoms with Gasteiger partial charge in [-0.2, -0.15) is 0 Å². The Kier molecular flexibility index (Phi) is 5.05. The van der Waals surface area contributed by atoms with Crippen LogP contribution in [0.5, 0.6) is 0 Å². The van der Waals surface area contributed by atoms with Crippen molar-refractivity contribution in [2.45, 2.75) is 19.9 Å². The minimum atomic E-state index is -0.924. The van der Waals surface area contributed by atoms with E-state index in [0.29, 0.717) is 12.2 Å². The lowest BCUT2D eigenvalue weighted by Crippen LogP contribution is -2.08. The number of halogens is 1. The number of carboxylic acid groups (broad SMARTS) is 1. The van der Waals surface area contributed by atoms with Crippen molar-refractivity contribution in [1.29, 1.82) is 0 Å². The van der Waals surface area contributed by atoms with Crippen molar-refractivity contribution in [1.82, 2.24) is 9.55 Å². The van der Waals surface area contributed by atoms with E-state index in [1.807, 2.05) is 0 Å². The quantitative estimate of drug-likeness (QED) is 0.789. The van der Waals surface area contributed by atoms with E-state index < -0.39 is 11.8 Å². The highest BCUT2D eigenvalue weighted by Crippen LogP contribution is 2.10. The van der Waals surface area contributed by atoms with Gasteiger partial charge in [0.05, 0.1) is 12.7 Å². The summed E-state index contributed by atoms with van der Waals surface area (Å²) in [4.78, 5) is 14.6. The lowest BCUT2D eigenvalue weighted by Gasteiger charge is -2.07. The molecule has 0 saturated carbocycles. The number of aromatic nitrogens is 2. The molecule has 1 rings (SSSR count). The summed E-state index contributed by atoms with van der Waals surface area (Å²) in [6.07, 6.45) is 7.15. The molecule has 4 nitrogen and oxygen atoms in total. The monoisotopic (exact) mass is 250 g/mol. The molecule has 18 heavy (non-hydrogen) atoms. The number of carboxylic acids is 1. The van der Waals surface area contributed by atoms with Crippen LogP contribution in [0.4, 0.5) is 4.39 Å². The normalized spacial score (nSPS) is 12.6. The van der Waals surface area contributed by atoms with E-state index in [2.05, 4.69) is 11.6 Å². The van der Waals surface area contributed by atoms with Gasteiger partial charge >= 0.3 is 5.97 Å². The zero-order valence-electron chi connectivity index (χ0n) is 10.1. The average molecular weight is 250 g/mol. The van der Waals surface area contributed by atoms with Crippen molar-refractivity contribution in [3.05, 3.63) is 54.4 Å². The second-order valence-electron chi connectivity index (χ2n) is 3.68. The molecule has 1 heterocycles. The van der Waals surface area contributed by atoms with E-state index in [1.54, 1.807) is 17.6 Å². The van der Waals surface area contributed by atoms with Crippen molar-refractivity contribution in [3.63, 3.8) is 0 Å². The number of nitrogens with zero attached hydrogens (tertiary/aromatic N) is 2. The van der Waals surface area contributed by atoms with Gasteiger partial charge in [0.1, 0.15) is 5.83 Å². The lowest BCUT2D eigenvalue weighted by molar-refractivity contribution is -0.136. The Labute approximate surface area is 105 Å². The highest BCUT2D eigenvalue weighted by Gasteiger charge is 2.07. The van der Waals surface area contributed by atoms with Gasteiger partial charge in [0.25, 0.3) is 0 Å². The van der Waals surface area contributed by atoms with Crippen LogP contribution in [-0.4, -0.2) is 20.6 Å². The number of aliphatic carboxylic acids is 1. The average Bonchev–Trinajstić information content (AvgIpc) is 2.74. The first-order valence-corrected chi connectivity index (χ1v) is 5.42. The molecule has 0 aliphatic rings. The Hall–Kier alpha value is -2.17. The fourth-order valence-corrected chi connectivity index (χ4v) is 1.45. The number of imidazole rings is 1. The molecule has 0 fully saturated rings. The molecule has 0 amide bonds. The maximum Gasteiger partial charge on any atom is 0.309 e. The molecule has 0 bridgehead atoms. The van der Waals surface area contributed by atoms with Crippen molar-refractivity contribution < 1.29 is 14.3 Å². The molecular formula is C13H15FN2O2. The zero-order chi connectivity index (χ0) is 13.5. The summed E-state index contributed by atoms with van der Waals surface area (Å²) in [7, 11) is 0. The fraction of sp³-hybridized carbons (Fsp3) is 0.231. The number of allylic oxidation sites excluding steroid dienone is 5. The van der Waals surface area contributed by atoms with Crippen molar-refractivity contribution >= 4 is 5.97 Å². The Morgan fingerprint density at radius 1 is 1.67 bits per heavy atom. The van der Waals surface area contributed by atoms with Crippen LogP contribution >= 0.6 is 0 Å². The standard InChI is InChI=1S/C13H15FN2O2/c1-3-10(5-11(14)4-2)8-16-9-15-7-12(16)6-13(17)18/h3-5,7,9H,2,6,8H2,1H3,(H,17,18)/b10-3+,11-5+. The third-order valence-corrected chi connectivity index (χ3v) is 2.37. The predicted molar refractivity (Wildman–Crippen MR) is 66.7 cm³/mol. The van der Waals surface area contributed by atoms with Gasteiger partial charge in [0.15, 0.2) is 0 Å². The van der Waals surface area contributed by atoms with E-state index in [9.17, 15) is 9.18 Å². The van der Waals surface area contributed by atoms with Crippen molar-refractivity contribution in [2.24, 2.45) is 0 Å². The van der Waals surface area contributed by atoms with Gasteiger partial charge in [0, 0.05) is 18.4 Å². The first kappa shape index (κ1) is 13.9. The molecule has 0 aliphatic heterocycles. The Bertz CT molecular complexity index is 501. The number of rotatable bonds is 6. The van der Waals surface area contributed by atoms with Gasteiger partial charge in [-0.1, -0.05) is 12.7 Å². The third-order valence-electron chi connectivity index (χ3n) is 2.37. The third kappa shape index (κ3) is 4.01. The predicted octanol–water partition coefficient (Wildman–Crippen LogP) is 2.50. The summed E-state index contributed by atoms with van der Waals surface area (Å²) in [5, 5.41) is 8.74. The molecule has 5 heteroatoms. The second-order valence-corrected chi connectivity index (χ2v) is 3.68. The molecule has 0 aliphatic carbocycles. The van der Waals surface area contributed by atoms with Crippen LogP contribution in [0.25, 0.3) is 0 Å². The molecule has 0 saturated heterocycles. The highest BCUT2D eigenvalue weighted by atomic mass is 19.1. The van der Waals surface area contributed by atoms with E-state index in [-0.39, 0.29) is 6.42 Å². The van der Waals surface area contributed by atoms with Crippen molar-refractivity contribution in [3.8, 4) is 0 Å². The molecule has 1 N–H and O–H groups in total. The van der Waals surface area contributed by atoms with Gasteiger partial charge < -0.3 is 9.67 Å². The molecule has 0 unspecified atom stereocenters. The molecule has 96 valence electrons. The Morgan fingerprint density at radius 2 is 2.39 bits per heavy atom. The van der Waals surface area contributed by atoms with E-state index in [1.165, 1.54) is 18.6 Å². The van der Waals surface area contributed by atoms with Crippen LogP contribution in [0.3, 0.4) is 0 Å². The molecule has 1 aromatic heterocycles. The molecule has 0 aromatic carbocycles. The number of carbonyl (C=O) groups is 1. The fourth-order valence-electron chi connectivity index (χ4n) is 1.45. The van der Waals surface area contributed by atoms with Crippen LogP contribution in [-0.2, 0) is 17.8 Å². The van der Waals surface area contributed by atoms with Crippen molar-refractivity contribution in [2.75, 3.05) is 0 Å². The minimum Gasteiger partial charge on any atom is -0.481 e. The van der Waals surface area contributed by atoms with Crippen LogP contribution in [0.2, 0.25) is 0 Å². The first-order chi connectivity index (χ1) is 8.56.